The first-order valence-corrected chi connectivity index (χ1v) is 6.73. The van der Waals surface area contributed by atoms with Crippen LogP contribution < -0.4 is 5.32 Å². The van der Waals surface area contributed by atoms with Crippen molar-refractivity contribution in [1.82, 2.24) is 5.32 Å². The highest BCUT2D eigenvalue weighted by Gasteiger charge is 2.08. The lowest BCUT2D eigenvalue weighted by Gasteiger charge is -2.09. The van der Waals surface area contributed by atoms with Crippen LogP contribution in [0.15, 0.2) is 24.3 Å². The SMILES string of the molecule is CC(C)OCCNC(=O)c1ccccc1C#CCCO. The first-order chi connectivity index (χ1) is 9.65. The summed E-state index contributed by atoms with van der Waals surface area (Å²) in [5.41, 5.74) is 1.21. The van der Waals surface area contributed by atoms with E-state index in [1.807, 2.05) is 19.9 Å². The highest BCUT2D eigenvalue weighted by molar-refractivity contribution is 5.96. The van der Waals surface area contributed by atoms with Crippen molar-refractivity contribution in [2.75, 3.05) is 19.8 Å². The van der Waals surface area contributed by atoms with Crippen molar-refractivity contribution in [3.05, 3.63) is 35.4 Å². The zero-order valence-electron chi connectivity index (χ0n) is 12.0. The number of nitrogens with one attached hydrogen (secondary N) is 1. The van der Waals surface area contributed by atoms with E-state index in [1.54, 1.807) is 18.2 Å². The molecular weight excluding hydrogens is 254 g/mol. The summed E-state index contributed by atoms with van der Waals surface area (Å²) in [5, 5.41) is 11.5. The second kappa shape index (κ2) is 9.13. The van der Waals surface area contributed by atoms with E-state index in [0.29, 0.717) is 30.7 Å². The van der Waals surface area contributed by atoms with Crippen LogP contribution in [0.2, 0.25) is 0 Å². The van der Waals surface area contributed by atoms with Crippen LogP contribution in [0.4, 0.5) is 0 Å². The van der Waals surface area contributed by atoms with Crippen LogP contribution in [0.25, 0.3) is 0 Å². The molecule has 108 valence electrons. The number of hydrogen-bond acceptors (Lipinski definition) is 3. The van der Waals surface area contributed by atoms with Crippen molar-refractivity contribution >= 4 is 5.91 Å². The van der Waals surface area contributed by atoms with Crippen molar-refractivity contribution in [1.29, 1.82) is 0 Å². The van der Waals surface area contributed by atoms with Crippen LogP contribution in [0.5, 0.6) is 0 Å². The Morgan fingerprint density at radius 3 is 2.85 bits per heavy atom. The van der Waals surface area contributed by atoms with Gasteiger partial charge < -0.3 is 15.2 Å². The lowest BCUT2D eigenvalue weighted by atomic mass is 10.1. The fraction of sp³-hybridized carbons (Fsp3) is 0.438. The summed E-state index contributed by atoms with van der Waals surface area (Å²) >= 11 is 0. The predicted molar refractivity (Wildman–Crippen MR) is 78.4 cm³/mol. The van der Waals surface area contributed by atoms with Crippen molar-refractivity contribution < 1.29 is 14.6 Å². The lowest BCUT2D eigenvalue weighted by Crippen LogP contribution is -2.28. The molecule has 0 atom stereocenters. The summed E-state index contributed by atoms with van der Waals surface area (Å²) < 4.78 is 5.37. The van der Waals surface area contributed by atoms with Crippen LogP contribution >= 0.6 is 0 Å². The third kappa shape index (κ3) is 5.87. The van der Waals surface area contributed by atoms with Crippen molar-refractivity contribution in [2.24, 2.45) is 0 Å². The zero-order chi connectivity index (χ0) is 14.8. The van der Waals surface area contributed by atoms with Gasteiger partial charge >= 0.3 is 0 Å². The molecule has 20 heavy (non-hydrogen) atoms. The fourth-order valence-electron chi connectivity index (χ4n) is 1.56. The Balaban J connectivity index is 2.61. The topological polar surface area (TPSA) is 58.6 Å². The lowest BCUT2D eigenvalue weighted by molar-refractivity contribution is 0.0746. The molecule has 4 heteroatoms. The van der Waals surface area contributed by atoms with Gasteiger partial charge in [0, 0.05) is 18.5 Å². The highest BCUT2D eigenvalue weighted by Crippen LogP contribution is 2.07. The number of hydrogen-bond donors (Lipinski definition) is 2. The maximum Gasteiger partial charge on any atom is 0.252 e. The number of aliphatic hydroxyl groups excluding tert-OH is 1. The Labute approximate surface area is 120 Å². The Morgan fingerprint density at radius 1 is 1.40 bits per heavy atom. The Hall–Kier alpha value is -1.83. The summed E-state index contributed by atoms with van der Waals surface area (Å²) in [6, 6.07) is 7.17. The van der Waals surface area contributed by atoms with Gasteiger partial charge in [0.25, 0.3) is 5.91 Å². The van der Waals surface area contributed by atoms with E-state index in [1.165, 1.54) is 0 Å². The largest absolute Gasteiger partial charge is 0.395 e. The third-order valence-corrected chi connectivity index (χ3v) is 2.47. The van der Waals surface area contributed by atoms with Gasteiger partial charge in [0.15, 0.2) is 0 Å². The molecule has 0 spiro atoms. The molecule has 0 unspecified atom stereocenters. The molecule has 1 rings (SSSR count). The molecule has 0 aliphatic heterocycles. The molecule has 0 fully saturated rings. The van der Waals surface area contributed by atoms with Gasteiger partial charge in [0.05, 0.1) is 24.9 Å². The van der Waals surface area contributed by atoms with E-state index in [-0.39, 0.29) is 18.6 Å². The van der Waals surface area contributed by atoms with E-state index in [0.717, 1.165) is 0 Å². The van der Waals surface area contributed by atoms with Gasteiger partial charge in [-0.05, 0) is 26.0 Å². The molecule has 4 nitrogen and oxygen atoms in total. The molecule has 1 aromatic rings. The van der Waals surface area contributed by atoms with Gasteiger partial charge in [0.2, 0.25) is 0 Å². The van der Waals surface area contributed by atoms with Gasteiger partial charge in [-0.2, -0.15) is 0 Å². The normalized spacial score (nSPS) is 10.0. The maximum atomic E-state index is 12.1. The summed E-state index contributed by atoms with van der Waals surface area (Å²) in [7, 11) is 0. The molecule has 0 saturated heterocycles. The molecule has 0 aliphatic rings. The van der Waals surface area contributed by atoms with Crippen LogP contribution in [0.1, 0.15) is 36.2 Å². The highest BCUT2D eigenvalue weighted by atomic mass is 16.5. The molecule has 1 amide bonds. The van der Waals surface area contributed by atoms with Gasteiger partial charge in [-0.15, -0.1) is 0 Å². The summed E-state index contributed by atoms with van der Waals surface area (Å²) in [4.78, 5) is 12.1. The summed E-state index contributed by atoms with van der Waals surface area (Å²) in [6.45, 7) is 4.88. The summed E-state index contributed by atoms with van der Waals surface area (Å²) in [6.07, 6.45) is 0.557. The second-order valence-corrected chi connectivity index (χ2v) is 4.50. The number of ether oxygens (including phenoxy) is 1. The smallest absolute Gasteiger partial charge is 0.252 e. The van der Waals surface area contributed by atoms with Crippen molar-refractivity contribution in [3.63, 3.8) is 0 Å². The van der Waals surface area contributed by atoms with Gasteiger partial charge in [-0.1, -0.05) is 24.0 Å². The summed E-state index contributed by atoms with van der Waals surface area (Å²) in [5.74, 6) is 5.56. The number of aliphatic hydroxyl groups is 1. The van der Waals surface area contributed by atoms with Crippen molar-refractivity contribution in [2.45, 2.75) is 26.4 Å². The standard InChI is InChI=1S/C16H21NO3/c1-13(2)20-12-10-17-16(19)15-9-4-3-7-14(15)8-5-6-11-18/h3-4,7,9,13,18H,6,10-12H2,1-2H3,(H,17,19). The monoisotopic (exact) mass is 275 g/mol. The molecule has 0 aliphatic carbocycles. The van der Waals surface area contributed by atoms with Crippen molar-refractivity contribution in [3.8, 4) is 11.8 Å². The minimum atomic E-state index is -0.161. The quantitative estimate of drug-likeness (QED) is 0.612. The molecule has 0 saturated carbocycles. The van der Waals surface area contributed by atoms with E-state index in [4.69, 9.17) is 9.84 Å². The molecule has 2 N–H and O–H groups in total. The Bertz CT molecular complexity index is 486. The van der Waals surface area contributed by atoms with Crippen LogP contribution in [-0.4, -0.2) is 36.9 Å². The average molecular weight is 275 g/mol. The predicted octanol–water partition coefficient (Wildman–Crippen LogP) is 1.58. The number of amides is 1. The molecule has 0 bridgehead atoms. The second-order valence-electron chi connectivity index (χ2n) is 4.50. The third-order valence-electron chi connectivity index (χ3n) is 2.47. The van der Waals surface area contributed by atoms with Gasteiger partial charge in [0.1, 0.15) is 0 Å². The number of carbonyl (C=O) groups is 1. The van der Waals surface area contributed by atoms with Crippen LogP contribution in [-0.2, 0) is 4.74 Å². The van der Waals surface area contributed by atoms with E-state index >= 15 is 0 Å². The molecule has 1 aromatic carbocycles. The number of rotatable bonds is 6. The first-order valence-electron chi connectivity index (χ1n) is 6.73. The molecule has 0 heterocycles. The minimum Gasteiger partial charge on any atom is -0.395 e. The van der Waals surface area contributed by atoms with E-state index in [9.17, 15) is 4.79 Å². The fourth-order valence-corrected chi connectivity index (χ4v) is 1.56. The molecular formula is C16H21NO3. The van der Waals surface area contributed by atoms with E-state index < -0.39 is 0 Å². The van der Waals surface area contributed by atoms with Crippen LogP contribution in [0, 0.1) is 11.8 Å². The Morgan fingerprint density at radius 2 is 2.15 bits per heavy atom. The zero-order valence-corrected chi connectivity index (χ0v) is 12.0. The number of carbonyl (C=O) groups excluding carboxylic acids is 1. The van der Waals surface area contributed by atoms with Crippen LogP contribution in [0.3, 0.4) is 0 Å². The van der Waals surface area contributed by atoms with E-state index in [2.05, 4.69) is 17.2 Å². The first kappa shape index (κ1) is 16.2. The average Bonchev–Trinajstić information content (AvgIpc) is 2.44. The van der Waals surface area contributed by atoms with Gasteiger partial charge in [-0.25, -0.2) is 0 Å². The minimum absolute atomic E-state index is 0.0217. The number of benzene rings is 1. The molecule has 0 radical (unpaired) electrons. The maximum absolute atomic E-state index is 12.1. The molecule has 0 aromatic heterocycles. The van der Waals surface area contributed by atoms with Gasteiger partial charge in [-0.3, -0.25) is 4.79 Å². The Kier molecular flexibility index (Phi) is 7.41.